The van der Waals surface area contributed by atoms with Crippen molar-refractivity contribution < 1.29 is 4.42 Å². The highest BCUT2D eigenvalue weighted by Crippen LogP contribution is 2.33. The number of pyridine rings is 1. The molecule has 0 bridgehead atoms. The van der Waals surface area contributed by atoms with Gasteiger partial charge in [0.1, 0.15) is 11.6 Å². The van der Waals surface area contributed by atoms with Gasteiger partial charge in [-0.05, 0) is 47.9 Å². The first-order chi connectivity index (χ1) is 15.1. The van der Waals surface area contributed by atoms with Crippen LogP contribution in [0.2, 0.25) is 0 Å². The van der Waals surface area contributed by atoms with Gasteiger partial charge < -0.3 is 15.5 Å². The Kier molecular flexibility index (Phi) is 4.49. The van der Waals surface area contributed by atoms with Gasteiger partial charge in [0.2, 0.25) is 0 Å². The summed E-state index contributed by atoms with van der Waals surface area (Å²) in [6, 6.07) is 24.4. The van der Waals surface area contributed by atoms with Crippen LogP contribution >= 0.6 is 0 Å². The highest BCUT2D eigenvalue weighted by atomic mass is 16.4. The lowest BCUT2D eigenvalue weighted by Crippen LogP contribution is -2.08. The number of oxazole rings is 1. The molecule has 31 heavy (non-hydrogen) atoms. The van der Waals surface area contributed by atoms with Gasteiger partial charge in [-0.25, -0.2) is 0 Å². The molecule has 0 aliphatic carbocycles. The number of anilines is 2. The molecule has 3 N–H and O–H groups in total. The summed E-state index contributed by atoms with van der Waals surface area (Å²) in [7, 11) is 0. The topological polar surface area (TPSA) is 101 Å². The van der Waals surface area contributed by atoms with Gasteiger partial charge in [0.25, 0.3) is 6.01 Å². The smallest absolute Gasteiger partial charge is 0.292 e. The van der Waals surface area contributed by atoms with Crippen LogP contribution in [0.5, 0.6) is 0 Å². The predicted molar refractivity (Wildman–Crippen MR) is 122 cm³/mol. The van der Waals surface area contributed by atoms with Crippen LogP contribution in [-0.2, 0) is 0 Å². The maximum atomic E-state index is 9.71. The molecule has 0 amide bonds. The first-order valence-electron chi connectivity index (χ1n) is 9.93. The Balaban J connectivity index is 1.62. The van der Waals surface area contributed by atoms with E-state index in [1.54, 1.807) is 6.20 Å². The molecule has 3 aromatic carbocycles. The van der Waals surface area contributed by atoms with Crippen molar-refractivity contribution in [1.29, 1.82) is 5.26 Å². The Morgan fingerprint density at radius 3 is 2.52 bits per heavy atom. The first kappa shape index (κ1) is 18.6. The Labute approximate surface area is 179 Å². The van der Waals surface area contributed by atoms with E-state index in [4.69, 9.17) is 10.2 Å². The van der Waals surface area contributed by atoms with E-state index in [2.05, 4.69) is 40.4 Å². The number of nitriles is 1. The second-order valence-corrected chi connectivity index (χ2v) is 7.40. The molecule has 0 saturated carbocycles. The lowest BCUT2D eigenvalue weighted by Gasteiger charge is -2.18. The molecule has 1 atom stereocenters. The van der Waals surface area contributed by atoms with Crippen LogP contribution in [0, 0.1) is 11.3 Å². The molecule has 0 aliphatic rings. The fraction of sp³-hybridized carbons (Fsp3) is 0.0800. The SMILES string of the molecule is CC(Nc1c(C#N)cnc2ccc(-c3ccc4nc(N)oc4c3)cc12)c1ccccc1. The number of benzene rings is 3. The molecule has 5 aromatic rings. The largest absolute Gasteiger partial charge is 0.424 e. The van der Waals surface area contributed by atoms with Gasteiger partial charge >= 0.3 is 0 Å². The standard InChI is InChI=1S/C25H19N5O/c1-15(16-5-3-2-4-6-16)29-24-19(13-26)14-28-21-9-7-17(11-20(21)24)18-8-10-22-23(12-18)31-25(27)30-22/h2-12,14-15H,1H3,(H2,27,30)(H,28,29). The third kappa shape index (κ3) is 3.43. The number of rotatable bonds is 4. The van der Waals surface area contributed by atoms with Crippen LogP contribution in [0.3, 0.4) is 0 Å². The van der Waals surface area contributed by atoms with Crippen LogP contribution in [0.15, 0.2) is 77.3 Å². The van der Waals surface area contributed by atoms with Gasteiger partial charge in [0.15, 0.2) is 5.58 Å². The van der Waals surface area contributed by atoms with E-state index < -0.39 is 0 Å². The molecule has 0 radical (unpaired) electrons. The van der Waals surface area contributed by atoms with Crippen LogP contribution in [-0.4, -0.2) is 9.97 Å². The molecular weight excluding hydrogens is 386 g/mol. The number of hydrogen-bond donors (Lipinski definition) is 2. The number of nitrogen functional groups attached to an aromatic ring is 1. The van der Waals surface area contributed by atoms with Gasteiger partial charge in [-0.1, -0.05) is 42.5 Å². The van der Waals surface area contributed by atoms with Crippen molar-refractivity contribution in [3.63, 3.8) is 0 Å². The van der Waals surface area contributed by atoms with E-state index in [-0.39, 0.29) is 12.1 Å². The van der Waals surface area contributed by atoms with Crippen LogP contribution < -0.4 is 11.1 Å². The normalized spacial score (nSPS) is 12.0. The summed E-state index contributed by atoms with van der Waals surface area (Å²) in [4.78, 5) is 8.62. The molecular formula is C25H19N5O. The molecule has 1 unspecified atom stereocenters. The van der Waals surface area contributed by atoms with E-state index in [1.807, 2.05) is 54.6 Å². The zero-order valence-corrected chi connectivity index (χ0v) is 16.8. The third-order valence-electron chi connectivity index (χ3n) is 5.39. The lowest BCUT2D eigenvalue weighted by molar-refractivity contribution is 0.626. The number of nitrogens with one attached hydrogen (secondary N) is 1. The van der Waals surface area contributed by atoms with Gasteiger partial charge in [-0.2, -0.15) is 10.2 Å². The molecule has 6 nitrogen and oxygen atoms in total. The molecule has 0 fully saturated rings. The molecule has 6 heteroatoms. The zero-order chi connectivity index (χ0) is 21.4. The van der Waals surface area contributed by atoms with Crippen LogP contribution in [0.1, 0.15) is 24.1 Å². The van der Waals surface area contributed by atoms with Crippen molar-refractivity contribution in [2.45, 2.75) is 13.0 Å². The fourth-order valence-electron chi connectivity index (χ4n) is 3.78. The predicted octanol–water partition coefficient (Wildman–Crippen LogP) is 5.67. The molecule has 0 aliphatic heterocycles. The van der Waals surface area contributed by atoms with E-state index in [1.165, 1.54) is 0 Å². The summed E-state index contributed by atoms with van der Waals surface area (Å²) in [5.41, 5.74) is 12.2. The summed E-state index contributed by atoms with van der Waals surface area (Å²) < 4.78 is 5.48. The van der Waals surface area contributed by atoms with Gasteiger partial charge in [0.05, 0.1) is 16.8 Å². The highest BCUT2D eigenvalue weighted by molar-refractivity contribution is 5.97. The first-order valence-corrected chi connectivity index (χ1v) is 9.93. The van der Waals surface area contributed by atoms with Crippen molar-refractivity contribution in [3.05, 3.63) is 84.1 Å². The Morgan fingerprint density at radius 1 is 1.00 bits per heavy atom. The second kappa shape index (κ2) is 7.47. The zero-order valence-electron chi connectivity index (χ0n) is 16.8. The lowest BCUT2D eigenvalue weighted by atomic mass is 10.00. The number of fused-ring (bicyclic) bond motifs is 2. The van der Waals surface area contributed by atoms with E-state index in [9.17, 15) is 5.26 Å². The molecule has 2 heterocycles. The number of nitrogens with two attached hydrogens (primary N) is 1. The summed E-state index contributed by atoms with van der Waals surface area (Å²) in [6.45, 7) is 2.08. The van der Waals surface area contributed by atoms with Crippen molar-refractivity contribution in [3.8, 4) is 17.2 Å². The van der Waals surface area contributed by atoms with Crippen molar-refractivity contribution in [2.75, 3.05) is 11.1 Å². The highest BCUT2D eigenvalue weighted by Gasteiger charge is 2.14. The summed E-state index contributed by atoms with van der Waals surface area (Å²) in [6.07, 6.45) is 1.62. The molecule has 5 rings (SSSR count). The van der Waals surface area contributed by atoms with Crippen molar-refractivity contribution in [1.82, 2.24) is 9.97 Å². The average molecular weight is 405 g/mol. The minimum Gasteiger partial charge on any atom is -0.424 e. The van der Waals surface area contributed by atoms with Crippen molar-refractivity contribution in [2.24, 2.45) is 0 Å². The Bertz CT molecular complexity index is 1450. The van der Waals surface area contributed by atoms with Gasteiger partial charge in [-0.15, -0.1) is 0 Å². The Hall–Kier alpha value is -4.37. The third-order valence-corrected chi connectivity index (χ3v) is 5.39. The summed E-state index contributed by atoms with van der Waals surface area (Å²) >= 11 is 0. The second-order valence-electron chi connectivity index (χ2n) is 7.40. The Morgan fingerprint density at radius 2 is 1.74 bits per heavy atom. The van der Waals surface area contributed by atoms with E-state index in [0.717, 1.165) is 38.8 Å². The summed E-state index contributed by atoms with van der Waals surface area (Å²) in [5.74, 6) is 0. The minimum absolute atomic E-state index is 0.0241. The van der Waals surface area contributed by atoms with Gasteiger partial charge in [0, 0.05) is 17.6 Å². The number of nitrogens with zero attached hydrogens (tertiary/aromatic N) is 3. The van der Waals surface area contributed by atoms with Gasteiger partial charge in [-0.3, -0.25) is 4.98 Å². The van der Waals surface area contributed by atoms with Crippen LogP contribution in [0.4, 0.5) is 11.7 Å². The van der Waals surface area contributed by atoms with Crippen molar-refractivity contribution >= 4 is 33.7 Å². The maximum absolute atomic E-state index is 9.71. The minimum atomic E-state index is 0.0241. The molecule has 150 valence electrons. The van der Waals surface area contributed by atoms with Crippen LogP contribution in [0.25, 0.3) is 33.1 Å². The molecule has 0 spiro atoms. The quantitative estimate of drug-likeness (QED) is 0.399. The molecule has 2 aromatic heterocycles. The average Bonchev–Trinajstić information content (AvgIpc) is 3.18. The number of aromatic nitrogens is 2. The summed E-state index contributed by atoms with van der Waals surface area (Å²) in [5, 5.41) is 14.1. The van der Waals surface area contributed by atoms with E-state index >= 15 is 0 Å². The number of hydrogen-bond acceptors (Lipinski definition) is 6. The monoisotopic (exact) mass is 405 g/mol. The maximum Gasteiger partial charge on any atom is 0.292 e. The molecule has 0 saturated heterocycles. The fourth-order valence-corrected chi connectivity index (χ4v) is 3.78. The van der Waals surface area contributed by atoms with E-state index in [0.29, 0.717) is 11.1 Å².